The molecule has 1 aromatic carbocycles. The molecule has 1 fully saturated rings. The molecule has 1 aliphatic heterocycles. The molecule has 6 nitrogen and oxygen atoms in total. The average molecular weight is 347 g/mol. The number of carbonyl (C=O) groups excluding carboxylic acids is 1. The Morgan fingerprint density at radius 3 is 2.71 bits per heavy atom. The first-order chi connectivity index (χ1) is 11.3. The lowest BCUT2D eigenvalue weighted by atomic mass is 10.1. The number of hydrogen-bond donors (Lipinski definition) is 0. The van der Waals surface area contributed by atoms with E-state index in [1.54, 1.807) is 42.0 Å². The maximum Gasteiger partial charge on any atom is 0.256 e. The van der Waals surface area contributed by atoms with E-state index in [9.17, 15) is 13.2 Å². The molecular weight excluding hydrogens is 326 g/mol. The summed E-state index contributed by atoms with van der Waals surface area (Å²) in [6.07, 6.45) is 5.09. The third-order valence-corrected chi connectivity index (χ3v) is 7.06. The second kappa shape index (κ2) is 6.05. The van der Waals surface area contributed by atoms with Gasteiger partial charge >= 0.3 is 0 Å². The van der Waals surface area contributed by atoms with Crippen LogP contribution in [0.5, 0.6) is 0 Å². The molecule has 0 saturated carbocycles. The molecule has 1 aliphatic rings. The van der Waals surface area contributed by atoms with Crippen molar-refractivity contribution in [1.29, 1.82) is 0 Å². The molecule has 1 saturated heterocycles. The fourth-order valence-electron chi connectivity index (χ4n) is 3.06. The van der Waals surface area contributed by atoms with Crippen LogP contribution in [-0.4, -0.2) is 52.4 Å². The molecule has 128 valence electrons. The molecule has 24 heavy (non-hydrogen) atoms. The highest BCUT2D eigenvalue weighted by Crippen LogP contribution is 2.24. The van der Waals surface area contributed by atoms with Crippen LogP contribution in [-0.2, 0) is 9.84 Å². The standard InChI is InChI=1S/C17H21N3O3S/c1-12-4-5-16(19-7-6-18-11-19)15(10-12)17(21)20-8-9-24(22,23)14(3)13(20)2/h4-7,10-11,13-14H,8-9H2,1-3H3/t13-,14+/m0/s1. The highest BCUT2D eigenvalue weighted by Gasteiger charge is 2.38. The van der Waals surface area contributed by atoms with Crippen molar-refractivity contribution in [2.45, 2.75) is 32.1 Å². The fourth-order valence-corrected chi connectivity index (χ4v) is 4.63. The topological polar surface area (TPSA) is 72.3 Å². The molecule has 2 aromatic rings. The van der Waals surface area contributed by atoms with E-state index in [1.807, 2.05) is 25.1 Å². The summed E-state index contributed by atoms with van der Waals surface area (Å²) in [5.41, 5.74) is 2.29. The molecule has 2 atom stereocenters. The van der Waals surface area contributed by atoms with Gasteiger partial charge in [0.25, 0.3) is 5.91 Å². The van der Waals surface area contributed by atoms with Crippen LogP contribution in [0.25, 0.3) is 5.69 Å². The van der Waals surface area contributed by atoms with Crippen molar-refractivity contribution in [3.05, 3.63) is 48.0 Å². The summed E-state index contributed by atoms with van der Waals surface area (Å²) in [6.45, 7) is 5.63. The van der Waals surface area contributed by atoms with E-state index in [-0.39, 0.29) is 24.2 Å². The number of carbonyl (C=O) groups is 1. The lowest BCUT2D eigenvalue weighted by Gasteiger charge is -2.37. The molecule has 0 bridgehead atoms. The average Bonchev–Trinajstić information content (AvgIpc) is 3.06. The van der Waals surface area contributed by atoms with E-state index in [1.165, 1.54) is 0 Å². The Morgan fingerprint density at radius 1 is 1.29 bits per heavy atom. The van der Waals surface area contributed by atoms with Crippen molar-refractivity contribution >= 4 is 15.7 Å². The number of hydrogen-bond acceptors (Lipinski definition) is 4. The third kappa shape index (κ3) is 2.84. The summed E-state index contributed by atoms with van der Waals surface area (Å²) in [5, 5.41) is -0.559. The highest BCUT2D eigenvalue weighted by molar-refractivity contribution is 7.92. The van der Waals surface area contributed by atoms with Crippen LogP contribution in [0.2, 0.25) is 0 Å². The van der Waals surface area contributed by atoms with Crippen molar-refractivity contribution in [3.63, 3.8) is 0 Å². The number of amides is 1. The van der Waals surface area contributed by atoms with Crippen LogP contribution < -0.4 is 0 Å². The van der Waals surface area contributed by atoms with E-state index in [0.717, 1.165) is 11.3 Å². The second-order valence-electron chi connectivity index (χ2n) is 6.30. The molecule has 1 amide bonds. The van der Waals surface area contributed by atoms with Crippen LogP contribution in [0, 0.1) is 6.92 Å². The smallest absolute Gasteiger partial charge is 0.256 e. The summed E-state index contributed by atoms with van der Waals surface area (Å²) in [6, 6.07) is 5.32. The third-order valence-electron chi connectivity index (χ3n) is 4.78. The molecule has 0 radical (unpaired) electrons. The van der Waals surface area contributed by atoms with Gasteiger partial charge in [-0.1, -0.05) is 11.6 Å². The Balaban J connectivity index is 2.00. The Labute approximate surface area is 142 Å². The van der Waals surface area contributed by atoms with Crippen molar-refractivity contribution < 1.29 is 13.2 Å². The number of nitrogens with zero attached hydrogens (tertiary/aromatic N) is 3. The maximum atomic E-state index is 13.1. The lowest BCUT2D eigenvalue weighted by molar-refractivity contribution is 0.0693. The monoisotopic (exact) mass is 347 g/mol. The summed E-state index contributed by atoms with van der Waals surface area (Å²) in [7, 11) is -3.13. The van der Waals surface area contributed by atoms with Gasteiger partial charge in [-0.25, -0.2) is 13.4 Å². The first-order valence-corrected chi connectivity index (χ1v) is 9.64. The summed E-state index contributed by atoms with van der Waals surface area (Å²) in [5.74, 6) is -0.132. The van der Waals surface area contributed by atoms with Gasteiger partial charge in [0.1, 0.15) is 0 Å². The van der Waals surface area contributed by atoms with E-state index in [2.05, 4.69) is 4.98 Å². The molecule has 0 spiro atoms. The summed E-state index contributed by atoms with van der Waals surface area (Å²) in [4.78, 5) is 18.8. The molecule has 2 heterocycles. The Bertz CT molecular complexity index is 859. The minimum absolute atomic E-state index is 0.0104. The number of benzene rings is 1. The van der Waals surface area contributed by atoms with Crippen LogP contribution in [0.15, 0.2) is 36.9 Å². The SMILES string of the molecule is Cc1ccc(-n2ccnc2)c(C(=O)N2CCS(=O)(=O)[C@H](C)[C@@H]2C)c1. The first-order valence-electron chi connectivity index (χ1n) is 7.93. The van der Waals surface area contributed by atoms with Crippen molar-refractivity contribution in [2.75, 3.05) is 12.3 Å². The van der Waals surface area contributed by atoms with Gasteiger partial charge in [-0.05, 0) is 32.9 Å². The van der Waals surface area contributed by atoms with Gasteiger partial charge in [0.05, 0.1) is 28.6 Å². The highest BCUT2D eigenvalue weighted by atomic mass is 32.2. The zero-order valence-electron chi connectivity index (χ0n) is 14.0. The number of imidazole rings is 1. The van der Waals surface area contributed by atoms with Gasteiger partial charge in [-0.15, -0.1) is 0 Å². The fraction of sp³-hybridized carbons (Fsp3) is 0.412. The minimum atomic E-state index is -3.13. The first kappa shape index (κ1) is 16.7. The molecule has 0 aliphatic carbocycles. The normalized spacial score (nSPS) is 23.2. The van der Waals surface area contributed by atoms with E-state index in [4.69, 9.17) is 0 Å². The molecule has 0 N–H and O–H groups in total. The molecule has 7 heteroatoms. The van der Waals surface area contributed by atoms with Crippen LogP contribution >= 0.6 is 0 Å². The predicted octanol–water partition coefficient (Wildman–Crippen LogP) is 1.83. The lowest BCUT2D eigenvalue weighted by Crippen LogP contribution is -2.54. The van der Waals surface area contributed by atoms with Gasteiger partial charge in [0, 0.05) is 25.0 Å². The predicted molar refractivity (Wildman–Crippen MR) is 92.0 cm³/mol. The Kier molecular flexibility index (Phi) is 4.21. The van der Waals surface area contributed by atoms with Crippen LogP contribution in [0.1, 0.15) is 29.8 Å². The molecule has 0 unspecified atom stereocenters. The molecule has 3 rings (SSSR count). The van der Waals surface area contributed by atoms with Gasteiger partial charge < -0.3 is 9.47 Å². The van der Waals surface area contributed by atoms with E-state index >= 15 is 0 Å². The van der Waals surface area contributed by atoms with Crippen LogP contribution in [0.4, 0.5) is 0 Å². The number of aryl methyl sites for hydroxylation is 1. The zero-order valence-corrected chi connectivity index (χ0v) is 14.8. The van der Waals surface area contributed by atoms with Crippen molar-refractivity contribution in [2.24, 2.45) is 0 Å². The van der Waals surface area contributed by atoms with E-state index < -0.39 is 15.1 Å². The largest absolute Gasteiger partial charge is 0.334 e. The van der Waals surface area contributed by atoms with Gasteiger partial charge in [0.2, 0.25) is 0 Å². The second-order valence-corrected chi connectivity index (χ2v) is 8.78. The Hall–Kier alpha value is -2.15. The van der Waals surface area contributed by atoms with Gasteiger partial charge in [-0.2, -0.15) is 0 Å². The molecule has 1 aromatic heterocycles. The quantitative estimate of drug-likeness (QED) is 0.831. The molecular formula is C17H21N3O3S. The zero-order chi connectivity index (χ0) is 17.5. The van der Waals surface area contributed by atoms with Crippen molar-refractivity contribution in [3.8, 4) is 5.69 Å². The van der Waals surface area contributed by atoms with Gasteiger partial charge in [0.15, 0.2) is 9.84 Å². The number of sulfone groups is 1. The van der Waals surface area contributed by atoms with E-state index in [0.29, 0.717) is 5.56 Å². The number of aromatic nitrogens is 2. The van der Waals surface area contributed by atoms with Crippen LogP contribution in [0.3, 0.4) is 0 Å². The minimum Gasteiger partial charge on any atom is -0.334 e. The Morgan fingerprint density at radius 2 is 2.04 bits per heavy atom. The summed E-state index contributed by atoms with van der Waals surface area (Å²) < 4.78 is 25.9. The van der Waals surface area contributed by atoms with Gasteiger partial charge in [-0.3, -0.25) is 4.79 Å². The summed E-state index contributed by atoms with van der Waals surface area (Å²) >= 11 is 0. The number of rotatable bonds is 2. The maximum absolute atomic E-state index is 13.1. The van der Waals surface area contributed by atoms with Crippen molar-refractivity contribution in [1.82, 2.24) is 14.5 Å².